The summed E-state index contributed by atoms with van der Waals surface area (Å²) in [5.74, 6) is 0.146. The number of aromatic nitrogens is 1. The first kappa shape index (κ1) is 8.81. The Kier molecular flexibility index (Phi) is 2.15. The molecule has 0 spiro atoms. The highest BCUT2D eigenvalue weighted by Gasteiger charge is 2.16. The van der Waals surface area contributed by atoms with Crippen molar-refractivity contribution >= 4 is 21.8 Å². The van der Waals surface area contributed by atoms with E-state index in [1.807, 2.05) is 7.05 Å². The Labute approximate surface area is 85.2 Å². The van der Waals surface area contributed by atoms with Crippen molar-refractivity contribution in [1.29, 1.82) is 0 Å². The predicted octanol–water partition coefficient (Wildman–Crippen LogP) is 1.35. The molecular weight excluding hydrogens is 232 g/mol. The van der Waals surface area contributed by atoms with Crippen LogP contribution < -0.4 is 5.32 Å². The van der Waals surface area contributed by atoms with Gasteiger partial charge in [0.2, 0.25) is 5.91 Å². The Balaban J connectivity index is 2.39. The molecule has 13 heavy (non-hydrogen) atoms. The molecule has 1 aromatic rings. The summed E-state index contributed by atoms with van der Waals surface area (Å²) in [6, 6.07) is 2.07. The van der Waals surface area contributed by atoms with E-state index < -0.39 is 0 Å². The molecule has 3 nitrogen and oxygen atoms in total. The summed E-state index contributed by atoms with van der Waals surface area (Å²) in [5, 5.41) is 2.87. The van der Waals surface area contributed by atoms with Crippen LogP contribution >= 0.6 is 15.9 Å². The fourth-order valence-corrected chi connectivity index (χ4v) is 2.15. The molecule has 0 aliphatic carbocycles. The van der Waals surface area contributed by atoms with Crippen LogP contribution in [0.25, 0.3) is 0 Å². The molecule has 0 bridgehead atoms. The molecule has 0 aromatic carbocycles. The van der Waals surface area contributed by atoms with Gasteiger partial charge in [0.25, 0.3) is 0 Å². The van der Waals surface area contributed by atoms with Crippen molar-refractivity contribution in [3.63, 3.8) is 0 Å². The number of halogens is 1. The zero-order valence-corrected chi connectivity index (χ0v) is 9.02. The van der Waals surface area contributed by atoms with Crippen molar-refractivity contribution in [2.24, 2.45) is 7.05 Å². The Morgan fingerprint density at radius 2 is 2.31 bits per heavy atom. The number of nitrogens with zero attached hydrogens (tertiary/aromatic N) is 1. The third-order valence-electron chi connectivity index (χ3n) is 2.45. The number of nitrogens with one attached hydrogen (secondary N) is 1. The first-order valence-electron chi connectivity index (χ1n) is 4.28. The van der Waals surface area contributed by atoms with Crippen molar-refractivity contribution in [2.45, 2.75) is 19.4 Å². The number of rotatable bonds is 0. The van der Waals surface area contributed by atoms with Crippen molar-refractivity contribution in [3.8, 4) is 0 Å². The number of carbonyl (C=O) groups is 1. The van der Waals surface area contributed by atoms with Crippen LogP contribution in [0.4, 0.5) is 0 Å². The Hall–Kier alpha value is -0.770. The molecule has 0 saturated heterocycles. The standard InChI is InChI=1S/C9H11BrN2O/c1-12-7-2-3-9(13)11-5-6(7)4-8(12)10/h4H,2-3,5H2,1H3,(H,11,13). The van der Waals surface area contributed by atoms with E-state index in [0.717, 1.165) is 11.0 Å². The summed E-state index contributed by atoms with van der Waals surface area (Å²) in [7, 11) is 2.01. The fraction of sp³-hybridized carbons (Fsp3) is 0.444. The second kappa shape index (κ2) is 3.18. The minimum atomic E-state index is 0.146. The highest BCUT2D eigenvalue weighted by molar-refractivity contribution is 9.10. The van der Waals surface area contributed by atoms with Crippen LogP contribution in [-0.2, 0) is 24.8 Å². The molecule has 0 atom stereocenters. The van der Waals surface area contributed by atoms with E-state index in [9.17, 15) is 4.79 Å². The van der Waals surface area contributed by atoms with Gasteiger partial charge in [-0.15, -0.1) is 0 Å². The highest BCUT2D eigenvalue weighted by Crippen LogP contribution is 2.22. The van der Waals surface area contributed by atoms with Crippen molar-refractivity contribution in [1.82, 2.24) is 9.88 Å². The van der Waals surface area contributed by atoms with Crippen LogP contribution in [0.5, 0.6) is 0 Å². The minimum absolute atomic E-state index is 0.146. The lowest BCUT2D eigenvalue weighted by atomic mass is 10.2. The summed E-state index contributed by atoms with van der Waals surface area (Å²) in [6.45, 7) is 0.660. The van der Waals surface area contributed by atoms with Crippen molar-refractivity contribution in [2.75, 3.05) is 0 Å². The molecule has 0 fully saturated rings. The van der Waals surface area contributed by atoms with Gasteiger partial charge in [0.05, 0.1) is 4.60 Å². The van der Waals surface area contributed by atoms with Crippen LogP contribution in [0.2, 0.25) is 0 Å². The number of hydrogen-bond acceptors (Lipinski definition) is 1. The molecular formula is C9H11BrN2O. The van der Waals surface area contributed by atoms with Crippen LogP contribution in [0.1, 0.15) is 17.7 Å². The average molecular weight is 243 g/mol. The predicted molar refractivity (Wildman–Crippen MR) is 53.3 cm³/mol. The fourth-order valence-electron chi connectivity index (χ4n) is 1.66. The lowest BCUT2D eigenvalue weighted by Gasteiger charge is -2.02. The molecule has 1 N–H and O–H groups in total. The van der Waals surface area contributed by atoms with Gasteiger partial charge in [-0.05, 0) is 34.0 Å². The van der Waals surface area contributed by atoms with Gasteiger partial charge < -0.3 is 9.88 Å². The van der Waals surface area contributed by atoms with E-state index >= 15 is 0 Å². The van der Waals surface area contributed by atoms with Gasteiger partial charge in [0.1, 0.15) is 0 Å². The van der Waals surface area contributed by atoms with E-state index in [2.05, 4.69) is 31.9 Å². The van der Waals surface area contributed by atoms with Gasteiger partial charge in [-0.2, -0.15) is 0 Å². The van der Waals surface area contributed by atoms with Gasteiger partial charge in [0, 0.05) is 25.7 Å². The van der Waals surface area contributed by atoms with Gasteiger partial charge >= 0.3 is 0 Å². The minimum Gasteiger partial charge on any atom is -0.352 e. The third-order valence-corrected chi connectivity index (χ3v) is 3.22. The smallest absolute Gasteiger partial charge is 0.220 e. The molecule has 0 radical (unpaired) electrons. The molecule has 4 heteroatoms. The van der Waals surface area contributed by atoms with Crippen molar-refractivity contribution in [3.05, 3.63) is 21.9 Å². The second-order valence-corrected chi connectivity index (χ2v) is 4.09. The maximum atomic E-state index is 11.1. The first-order chi connectivity index (χ1) is 6.18. The van der Waals surface area contributed by atoms with Gasteiger partial charge in [-0.25, -0.2) is 0 Å². The van der Waals surface area contributed by atoms with E-state index in [0.29, 0.717) is 13.0 Å². The second-order valence-electron chi connectivity index (χ2n) is 3.27. The first-order valence-corrected chi connectivity index (χ1v) is 5.07. The SMILES string of the molecule is Cn1c(Br)cc2c1CCC(=O)NC2. The monoisotopic (exact) mass is 242 g/mol. The summed E-state index contributed by atoms with van der Waals surface area (Å²) in [6.07, 6.45) is 1.43. The third kappa shape index (κ3) is 1.50. The lowest BCUT2D eigenvalue weighted by molar-refractivity contribution is -0.121. The quantitative estimate of drug-likeness (QED) is 0.733. The van der Waals surface area contributed by atoms with E-state index in [-0.39, 0.29) is 5.91 Å². The Bertz CT molecular complexity index is 357. The Morgan fingerprint density at radius 3 is 3.08 bits per heavy atom. The molecule has 1 aliphatic heterocycles. The number of hydrogen-bond donors (Lipinski definition) is 1. The van der Waals surface area contributed by atoms with E-state index in [1.54, 1.807) is 0 Å². The van der Waals surface area contributed by atoms with Crippen LogP contribution in [0.3, 0.4) is 0 Å². The summed E-state index contributed by atoms with van der Waals surface area (Å²) < 4.78 is 3.17. The molecule has 2 rings (SSSR count). The average Bonchev–Trinajstić information content (AvgIpc) is 2.28. The molecule has 1 aromatic heterocycles. The van der Waals surface area contributed by atoms with E-state index in [1.165, 1.54) is 11.3 Å². The zero-order valence-electron chi connectivity index (χ0n) is 7.43. The number of carbonyl (C=O) groups excluding carboxylic acids is 1. The maximum absolute atomic E-state index is 11.1. The Morgan fingerprint density at radius 1 is 1.54 bits per heavy atom. The molecule has 1 aliphatic rings. The normalized spacial score (nSPS) is 16.3. The lowest BCUT2D eigenvalue weighted by Crippen LogP contribution is -2.20. The van der Waals surface area contributed by atoms with Gasteiger partial charge in [-0.1, -0.05) is 0 Å². The zero-order chi connectivity index (χ0) is 9.42. The van der Waals surface area contributed by atoms with Crippen molar-refractivity contribution < 1.29 is 4.79 Å². The van der Waals surface area contributed by atoms with E-state index in [4.69, 9.17) is 0 Å². The van der Waals surface area contributed by atoms with Crippen LogP contribution in [-0.4, -0.2) is 10.5 Å². The topological polar surface area (TPSA) is 34.0 Å². The number of fused-ring (bicyclic) bond motifs is 1. The molecule has 0 unspecified atom stereocenters. The number of amides is 1. The largest absolute Gasteiger partial charge is 0.352 e. The molecule has 2 heterocycles. The van der Waals surface area contributed by atoms with Crippen LogP contribution in [0, 0.1) is 0 Å². The molecule has 70 valence electrons. The van der Waals surface area contributed by atoms with Gasteiger partial charge in [0.15, 0.2) is 0 Å². The summed E-state index contributed by atoms with van der Waals surface area (Å²) in [5.41, 5.74) is 2.48. The maximum Gasteiger partial charge on any atom is 0.220 e. The molecule has 0 saturated carbocycles. The summed E-state index contributed by atoms with van der Waals surface area (Å²) >= 11 is 3.47. The molecule has 1 amide bonds. The summed E-state index contributed by atoms with van der Waals surface area (Å²) in [4.78, 5) is 11.1. The highest BCUT2D eigenvalue weighted by atomic mass is 79.9. The van der Waals surface area contributed by atoms with Crippen LogP contribution in [0.15, 0.2) is 10.7 Å². The van der Waals surface area contributed by atoms with Gasteiger partial charge in [-0.3, -0.25) is 4.79 Å².